The fourth-order valence-electron chi connectivity index (χ4n) is 9.77. The quantitative estimate of drug-likeness (QED) is 0.0146. The second-order valence-corrected chi connectivity index (χ2v) is 27.9. The Hall–Kier alpha value is -4.57. The highest BCUT2D eigenvalue weighted by molar-refractivity contribution is 7.47. The van der Waals surface area contributed by atoms with E-state index < -0.39 is 91.5 Å². The van der Waals surface area contributed by atoms with Crippen molar-refractivity contribution in [2.45, 2.75) is 309 Å². The number of phosphoric ester groups is 2. The van der Waals surface area contributed by atoms with Crippen LogP contribution in [-0.2, 0) is 55.8 Å². The van der Waals surface area contributed by atoms with Crippen molar-refractivity contribution >= 4 is 33.6 Å². The first-order chi connectivity index (χ1) is 48.2. The first-order valence-electron chi connectivity index (χ1n) is 38.1. The summed E-state index contributed by atoms with van der Waals surface area (Å²) < 4.78 is 61.0. The van der Waals surface area contributed by atoms with Gasteiger partial charge in [-0.3, -0.25) is 32.5 Å². The average Bonchev–Trinajstić information content (AvgIpc) is 1.73. The van der Waals surface area contributed by atoms with Gasteiger partial charge in [-0.2, -0.15) is 0 Å². The number of phosphoric acid groups is 2. The van der Waals surface area contributed by atoms with Gasteiger partial charge in [0.1, 0.15) is 25.4 Å². The average molecular weight is 1430 g/mol. The van der Waals surface area contributed by atoms with Gasteiger partial charge in [-0.25, -0.2) is 9.13 Å². The predicted octanol–water partition coefficient (Wildman–Crippen LogP) is 22.1. The summed E-state index contributed by atoms with van der Waals surface area (Å²) in [4.78, 5) is 58.6. The molecular weight excluding hydrogens is 1290 g/mol. The number of rotatable bonds is 71. The molecule has 4 N–H and O–H groups in total. The summed E-state index contributed by atoms with van der Waals surface area (Å²) in [5.41, 5.74) is 0. The summed E-state index contributed by atoms with van der Waals surface area (Å²) >= 11 is 0. The van der Waals surface area contributed by atoms with Gasteiger partial charge in [-0.1, -0.05) is 276 Å². The lowest BCUT2D eigenvalue weighted by Gasteiger charge is -2.21. The summed E-state index contributed by atoms with van der Waals surface area (Å²) in [5.74, 6) is -1.63. The number of aliphatic hydroxyl groups excluding tert-OH is 2. The van der Waals surface area contributed by atoms with Crippen LogP contribution < -0.4 is 0 Å². The Kier molecular flexibility index (Phi) is 69.8. The Labute approximate surface area is 600 Å². The first kappa shape index (κ1) is 94.4. The molecule has 0 aromatic heterocycles. The van der Waals surface area contributed by atoms with Crippen LogP contribution in [0.25, 0.3) is 0 Å². The Morgan fingerprint density at radius 3 is 0.859 bits per heavy atom. The van der Waals surface area contributed by atoms with Gasteiger partial charge in [0.15, 0.2) is 6.10 Å². The molecule has 0 aromatic carbocycles. The van der Waals surface area contributed by atoms with Crippen molar-refractivity contribution < 1.29 is 75.8 Å². The molecule has 5 atom stereocenters. The number of unbranched alkanes of at least 4 members (excludes halogenated alkanes) is 24. The van der Waals surface area contributed by atoms with Gasteiger partial charge in [0, 0.05) is 19.3 Å². The Bertz CT molecular complexity index is 2380. The summed E-state index contributed by atoms with van der Waals surface area (Å²) in [5, 5.41) is 20.6. The molecule has 0 saturated carbocycles. The minimum Gasteiger partial charge on any atom is -0.463 e. The number of carbonyl (C=O) groups excluding carboxylic acids is 3. The highest BCUT2D eigenvalue weighted by Gasteiger charge is 2.29. The highest BCUT2D eigenvalue weighted by atomic mass is 31.2. The molecule has 18 heteroatoms. The van der Waals surface area contributed by atoms with Gasteiger partial charge in [0.05, 0.1) is 26.4 Å². The third-order valence-corrected chi connectivity index (χ3v) is 17.4. The Morgan fingerprint density at radius 1 is 0.293 bits per heavy atom. The number of hydrogen-bond acceptors (Lipinski definition) is 14. The van der Waals surface area contributed by atoms with Crippen molar-refractivity contribution in [1.29, 1.82) is 0 Å². The molecule has 0 saturated heterocycles. The normalized spacial score (nSPS) is 14.9. The van der Waals surface area contributed by atoms with Crippen LogP contribution in [0.4, 0.5) is 0 Å². The van der Waals surface area contributed by atoms with E-state index in [1.807, 2.05) is 0 Å². The van der Waals surface area contributed by atoms with E-state index in [4.69, 9.17) is 32.3 Å². The summed E-state index contributed by atoms with van der Waals surface area (Å²) in [7, 11) is -9.81. The van der Waals surface area contributed by atoms with Gasteiger partial charge in [-0.05, 0) is 141 Å². The molecule has 0 amide bonds. The number of ether oxygens (including phenoxy) is 3. The molecule has 0 rings (SSSR count). The molecule has 0 fully saturated rings. The van der Waals surface area contributed by atoms with Gasteiger partial charge in [0.25, 0.3) is 0 Å². The molecule has 0 spiro atoms. The maximum atomic E-state index is 12.9. The lowest BCUT2D eigenvalue weighted by Crippen LogP contribution is -2.30. The van der Waals surface area contributed by atoms with E-state index in [0.717, 1.165) is 154 Å². The van der Waals surface area contributed by atoms with E-state index >= 15 is 0 Å². The molecule has 0 heterocycles. The molecular formula is C81H136O16P2. The molecule has 0 aliphatic heterocycles. The molecule has 0 radical (unpaired) electrons. The topological polar surface area (TPSA) is 231 Å². The van der Waals surface area contributed by atoms with Crippen LogP contribution in [0.5, 0.6) is 0 Å². The number of esters is 3. The van der Waals surface area contributed by atoms with Crippen molar-refractivity contribution in [2.24, 2.45) is 0 Å². The zero-order valence-corrected chi connectivity index (χ0v) is 63.4. The molecule has 5 unspecified atom stereocenters. The maximum Gasteiger partial charge on any atom is 0.472 e. The molecule has 16 nitrogen and oxygen atoms in total. The smallest absolute Gasteiger partial charge is 0.463 e. The van der Waals surface area contributed by atoms with E-state index in [-0.39, 0.29) is 19.3 Å². The summed E-state index contributed by atoms with van der Waals surface area (Å²) in [6, 6.07) is 0. The van der Waals surface area contributed by atoms with Crippen LogP contribution in [-0.4, -0.2) is 95.9 Å². The third kappa shape index (κ3) is 74.4. The lowest BCUT2D eigenvalue weighted by molar-refractivity contribution is -0.161. The van der Waals surface area contributed by atoms with E-state index in [9.17, 15) is 43.5 Å². The standard InChI is InChI=1S/C81H136O16P2/c1-4-7-10-13-16-19-22-25-28-30-32-33-34-35-36-37-38-39-40-41-43-45-47-49-52-55-58-61-64-67-79(84)91-70-76(82)71-93-98(87,88)94-72-77(83)73-95-99(89,90)96-75-78(97-81(86)69-66-63-60-57-54-51-46-27-24-21-18-15-12-9-6-3)74-92-80(85)68-65-62-59-56-53-50-48-44-42-31-29-26-23-20-17-14-11-8-5-2/h7-8,10-11,16-21,25-29,32-33,35-36,42,44,46,50,53,76-78,82-83H,4-6,9,12-15,22-24,30-31,34,37-41,43,45,47-49,51-52,54-75H2,1-3H3,(H,87,88)(H,89,90)/b10-7-,11-8-,19-16-,20-17-,21-18-,28-25-,29-26-,33-32-,36-35-,44-42-,46-27-,53-50-. The highest BCUT2D eigenvalue weighted by Crippen LogP contribution is 2.45. The monoisotopic (exact) mass is 1430 g/mol. The zero-order chi connectivity index (χ0) is 72.3. The third-order valence-electron chi connectivity index (χ3n) is 15.5. The van der Waals surface area contributed by atoms with Gasteiger partial charge < -0.3 is 34.2 Å². The second kappa shape index (κ2) is 73.2. The van der Waals surface area contributed by atoms with Crippen molar-refractivity contribution in [1.82, 2.24) is 0 Å². The van der Waals surface area contributed by atoms with Crippen LogP contribution in [0.2, 0.25) is 0 Å². The van der Waals surface area contributed by atoms with Crippen LogP contribution in [0.1, 0.15) is 290 Å². The SMILES string of the molecule is CC/C=C\C/C=C\C/C=C\C/C=C\C/C=C\CCCCCCCCCCCCCCCC(=O)OCC(O)COP(=O)(O)OCC(O)COP(=O)(O)OCC(COC(=O)CCCCC/C=C\C/C=C\C/C=C\C/C=C\C/C=C\CC)OC(=O)CCCCCCC/C=C\C/C=C\CCCCC. The molecule has 0 aromatic rings. The van der Waals surface area contributed by atoms with Crippen molar-refractivity contribution in [2.75, 3.05) is 39.6 Å². The van der Waals surface area contributed by atoms with Crippen LogP contribution in [0.15, 0.2) is 146 Å². The van der Waals surface area contributed by atoms with Crippen molar-refractivity contribution in [3.63, 3.8) is 0 Å². The molecule has 0 aliphatic carbocycles. The molecule has 0 aliphatic rings. The van der Waals surface area contributed by atoms with E-state index in [2.05, 4.69) is 167 Å². The van der Waals surface area contributed by atoms with Crippen LogP contribution in [0, 0.1) is 0 Å². The fraction of sp³-hybridized carbons (Fsp3) is 0.667. The van der Waals surface area contributed by atoms with E-state index in [1.54, 1.807) is 0 Å². The van der Waals surface area contributed by atoms with Crippen molar-refractivity contribution in [3.05, 3.63) is 146 Å². The minimum absolute atomic E-state index is 0.0773. The number of aliphatic hydroxyl groups is 2. The number of allylic oxidation sites excluding steroid dienone is 24. The van der Waals surface area contributed by atoms with Gasteiger partial charge in [-0.15, -0.1) is 0 Å². The first-order valence-corrected chi connectivity index (χ1v) is 41.1. The number of hydrogen-bond donors (Lipinski definition) is 4. The molecule has 0 bridgehead atoms. The molecule has 99 heavy (non-hydrogen) atoms. The Morgan fingerprint density at radius 2 is 0.535 bits per heavy atom. The maximum absolute atomic E-state index is 12.9. The minimum atomic E-state index is -4.94. The van der Waals surface area contributed by atoms with Gasteiger partial charge in [0.2, 0.25) is 0 Å². The number of carbonyl (C=O) groups is 3. The van der Waals surface area contributed by atoms with Gasteiger partial charge >= 0.3 is 33.6 Å². The van der Waals surface area contributed by atoms with Crippen LogP contribution >= 0.6 is 15.6 Å². The second-order valence-electron chi connectivity index (χ2n) is 25.0. The Balaban J connectivity index is 4.56. The summed E-state index contributed by atoms with van der Waals surface area (Å²) in [6.07, 6.45) is 89.0. The zero-order valence-electron chi connectivity index (χ0n) is 61.6. The molecule has 566 valence electrons. The van der Waals surface area contributed by atoms with Crippen molar-refractivity contribution in [3.8, 4) is 0 Å². The lowest BCUT2D eigenvalue weighted by atomic mass is 10.0. The van der Waals surface area contributed by atoms with E-state index in [0.29, 0.717) is 19.3 Å². The summed E-state index contributed by atoms with van der Waals surface area (Å²) in [6.45, 7) is 2.36. The van der Waals surface area contributed by atoms with Crippen LogP contribution in [0.3, 0.4) is 0 Å². The van der Waals surface area contributed by atoms with E-state index in [1.165, 1.54) is 77.0 Å². The predicted molar refractivity (Wildman–Crippen MR) is 408 cm³/mol. The fourth-order valence-corrected chi connectivity index (χ4v) is 11.4. The largest absolute Gasteiger partial charge is 0.472 e.